The largest absolute Gasteiger partial charge is 0.492 e. The molecule has 4 heteroatoms. The monoisotopic (exact) mass is 426 g/mol. The Morgan fingerprint density at radius 3 is 2.59 bits per heavy atom. The van der Waals surface area contributed by atoms with E-state index in [0.29, 0.717) is 25.0 Å². The van der Waals surface area contributed by atoms with E-state index < -0.39 is 5.97 Å². The van der Waals surface area contributed by atoms with Crippen molar-refractivity contribution < 1.29 is 19.4 Å². The van der Waals surface area contributed by atoms with E-state index in [0.717, 1.165) is 59.8 Å². The number of fused-ring (bicyclic) bond motifs is 1. The van der Waals surface area contributed by atoms with Gasteiger partial charge in [0.1, 0.15) is 5.75 Å². The molecule has 0 amide bonds. The first-order valence-electron chi connectivity index (χ1n) is 10.9. The Morgan fingerprint density at radius 1 is 1.09 bits per heavy atom. The Labute approximate surface area is 189 Å². The fourth-order valence-electron chi connectivity index (χ4n) is 3.51. The molecule has 4 nitrogen and oxygen atoms in total. The summed E-state index contributed by atoms with van der Waals surface area (Å²) in [5, 5.41) is 8.80. The predicted molar refractivity (Wildman–Crippen MR) is 126 cm³/mol. The van der Waals surface area contributed by atoms with Gasteiger partial charge in [-0.15, -0.1) is 0 Å². The molecule has 1 aliphatic rings. The third-order valence-electron chi connectivity index (χ3n) is 5.05. The Kier molecular flexibility index (Phi) is 8.29. The summed E-state index contributed by atoms with van der Waals surface area (Å²) in [6, 6.07) is 11.2. The maximum absolute atomic E-state index is 12.1. The third kappa shape index (κ3) is 6.13. The van der Waals surface area contributed by atoms with E-state index in [4.69, 9.17) is 9.84 Å². The fraction of sp³-hybridized carbons (Fsp3) is 0.286. The highest BCUT2D eigenvalue weighted by molar-refractivity contribution is 6.00. The van der Waals surface area contributed by atoms with Crippen LogP contribution >= 0.6 is 0 Å². The maximum atomic E-state index is 12.1. The van der Waals surface area contributed by atoms with Crippen LogP contribution in [-0.2, 0) is 11.2 Å². The molecule has 2 aromatic rings. The number of ketones is 1. The SMILES string of the molecule is CCCc1c(C#CCCCC#Cc2ccccc2/C=C/C(=O)O)ccc2c1OCCC2=O. The van der Waals surface area contributed by atoms with Gasteiger partial charge in [0.05, 0.1) is 12.2 Å². The van der Waals surface area contributed by atoms with Crippen LogP contribution in [0.1, 0.15) is 71.6 Å². The molecule has 1 aliphatic heterocycles. The lowest BCUT2D eigenvalue weighted by molar-refractivity contribution is -0.131. The molecule has 32 heavy (non-hydrogen) atoms. The standard InChI is InChI=1S/C28H26O4/c1-2-10-24-23(15-17-25-26(29)19-20-32-28(24)25)14-7-5-3-4-6-11-21-12-8-9-13-22(21)16-18-27(30)31/h8-9,12-13,15-18H,2-5,10,19-20H2,1H3,(H,30,31)/b18-16+. The summed E-state index contributed by atoms with van der Waals surface area (Å²) in [5.41, 5.74) is 4.25. The number of hydrogen-bond donors (Lipinski definition) is 1. The highest BCUT2D eigenvalue weighted by atomic mass is 16.5. The molecule has 0 spiro atoms. The van der Waals surface area contributed by atoms with E-state index in [9.17, 15) is 9.59 Å². The molecule has 0 atom stereocenters. The molecule has 0 saturated carbocycles. The van der Waals surface area contributed by atoms with Crippen LogP contribution in [0, 0.1) is 23.7 Å². The molecule has 0 saturated heterocycles. The number of ether oxygens (including phenoxy) is 1. The summed E-state index contributed by atoms with van der Waals surface area (Å²) in [6.45, 7) is 2.54. The number of aliphatic carboxylic acids is 1. The third-order valence-corrected chi connectivity index (χ3v) is 5.05. The summed E-state index contributed by atoms with van der Waals surface area (Å²) in [6.07, 6.45) is 7.17. The van der Waals surface area contributed by atoms with Gasteiger partial charge >= 0.3 is 5.97 Å². The Morgan fingerprint density at radius 2 is 1.84 bits per heavy atom. The van der Waals surface area contributed by atoms with E-state index in [2.05, 4.69) is 30.6 Å². The highest BCUT2D eigenvalue weighted by Gasteiger charge is 2.22. The lowest BCUT2D eigenvalue weighted by atomic mass is 9.94. The number of carboxylic acid groups (broad SMARTS) is 1. The molecule has 0 aliphatic carbocycles. The highest BCUT2D eigenvalue weighted by Crippen LogP contribution is 2.32. The minimum Gasteiger partial charge on any atom is -0.492 e. The normalized spacial score (nSPS) is 12.2. The number of rotatable bonds is 6. The summed E-state index contributed by atoms with van der Waals surface area (Å²) < 4.78 is 5.82. The second kappa shape index (κ2) is 11.6. The first kappa shape index (κ1) is 22.9. The molecule has 162 valence electrons. The van der Waals surface area contributed by atoms with Crippen molar-refractivity contribution >= 4 is 17.8 Å². The molecule has 3 rings (SSSR count). The minimum absolute atomic E-state index is 0.140. The number of carbonyl (C=O) groups is 2. The van der Waals surface area contributed by atoms with Crippen molar-refractivity contribution in [2.75, 3.05) is 6.61 Å². The van der Waals surface area contributed by atoms with Crippen molar-refractivity contribution in [3.05, 3.63) is 70.3 Å². The van der Waals surface area contributed by atoms with Gasteiger partial charge in [0, 0.05) is 42.0 Å². The predicted octanol–water partition coefficient (Wildman–Crippen LogP) is 5.28. The van der Waals surface area contributed by atoms with Crippen molar-refractivity contribution in [3.8, 4) is 29.4 Å². The van der Waals surface area contributed by atoms with Crippen LogP contribution in [0.5, 0.6) is 5.75 Å². The zero-order valence-corrected chi connectivity index (χ0v) is 18.2. The van der Waals surface area contributed by atoms with E-state index in [-0.39, 0.29) is 5.78 Å². The van der Waals surface area contributed by atoms with Crippen molar-refractivity contribution in [1.82, 2.24) is 0 Å². The number of Topliss-reactive ketones (excluding diaryl/α,β-unsaturated/α-hetero) is 1. The van der Waals surface area contributed by atoms with Crippen molar-refractivity contribution in [2.24, 2.45) is 0 Å². The molecule has 1 N–H and O–H groups in total. The van der Waals surface area contributed by atoms with Gasteiger partial charge in [-0.3, -0.25) is 4.79 Å². The lowest BCUT2D eigenvalue weighted by Crippen LogP contribution is -2.17. The van der Waals surface area contributed by atoms with Gasteiger partial charge in [-0.05, 0) is 42.7 Å². The van der Waals surface area contributed by atoms with Gasteiger partial charge < -0.3 is 9.84 Å². The number of carboxylic acids is 1. The first-order valence-corrected chi connectivity index (χ1v) is 10.9. The van der Waals surface area contributed by atoms with Crippen molar-refractivity contribution in [1.29, 1.82) is 0 Å². The second-order valence-corrected chi connectivity index (χ2v) is 7.46. The summed E-state index contributed by atoms with van der Waals surface area (Å²) in [7, 11) is 0. The van der Waals surface area contributed by atoms with Crippen molar-refractivity contribution in [2.45, 2.75) is 45.4 Å². The fourth-order valence-corrected chi connectivity index (χ4v) is 3.51. The molecule has 0 bridgehead atoms. The summed E-state index contributed by atoms with van der Waals surface area (Å²) >= 11 is 0. The number of benzene rings is 2. The average Bonchev–Trinajstić information content (AvgIpc) is 2.79. The average molecular weight is 427 g/mol. The number of unbranched alkanes of at least 4 members (excludes halogenated alkanes) is 2. The van der Waals surface area contributed by atoms with Crippen LogP contribution in [0.15, 0.2) is 42.5 Å². The van der Waals surface area contributed by atoms with Crippen LogP contribution in [-0.4, -0.2) is 23.5 Å². The van der Waals surface area contributed by atoms with E-state index in [1.165, 1.54) is 0 Å². The number of hydrogen-bond acceptors (Lipinski definition) is 3. The summed E-state index contributed by atoms with van der Waals surface area (Å²) in [5.74, 6) is 12.6. The zero-order valence-electron chi connectivity index (χ0n) is 18.2. The van der Waals surface area contributed by atoms with E-state index in [1.807, 2.05) is 36.4 Å². The lowest BCUT2D eigenvalue weighted by Gasteiger charge is -2.20. The van der Waals surface area contributed by atoms with Gasteiger partial charge in [-0.25, -0.2) is 4.79 Å². The molecular formula is C28H26O4. The van der Waals surface area contributed by atoms with Gasteiger partial charge in [0.2, 0.25) is 0 Å². The van der Waals surface area contributed by atoms with Crippen LogP contribution in [0.4, 0.5) is 0 Å². The first-order chi connectivity index (χ1) is 15.6. The quantitative estimate of drug-likeness (QED) is 0.388. The van der Waals surface area contributed by atoms with E-state index >= 15 is 0 Å². The second-order valence-electron chi connectivity index (χ2n) is 7.46. The van der Waals surface area contributed by atoms with Crippen LogP contribution in [0.25, 0.3) is 6.08 Å². The number of carbonyl (C=O) groups excluding carboxylic acids is 1. The van der Waals surface area contributed by atoms with Gasteiger partial charge in [-0.1, -0.05) is 55.2 Å². The maximum Gasteiger partial charge on any atom is 0.328 e. The molecule has 0 unspecified atom stereocenters. The molecular weight excluding hydrogens is 400 g/mol. The van der Waals surface area contributed by atoms with Gasteiger partial charge in [0.15, 0.2) is 5.78 Å². The topological polar surface area (TPSA) is 63.6 Å². The Balaban J connectivity index is 1.62. The van der Waals surface area contributed by atoms with Gasteiger partial charge in [0.25, 0.3) is 0 Å². The summed E-state index contributed by atoms with van der Waals surface area (Å²) in [4.78, 5) is 22.9. The van der Waals surface area contributed by atoms with Crippen LogP contribution < -0.4 is 4.74 Å². The molecule has 1 heterocycles. The Bertz CT molecular complexity index is 1150. The minimum atomic E-state index is -0.981. The van der Waals surface area contributed by atoms with E-state index in [1.54, 1.807) is 6.08 Å². The van der Waals surface area contributed by atoms with Crippen LogP contribution in [0.3, 0.4) is 0 Å². The molecule has 0 fully saturated rings. The van der Waals surface area contributed by atoms with Gasteiger partial charge in [-0.2, -0.15) is 0 Å². The van der Waals surface area contributed by atoms with Crippen molar-refractivity contribution in [3.63, 3.8) is 0 Å². The molecule has 2 aromatic carbocycles. The zero-order chi connectivity index (χ0) is 22.8. The molecule has 0 aromatic heterocycles. The smallest absolute Gasteiger partial charge is 0.328 e. The van der Waals surface area contributed by atoms with Crippen LogP contribution in [0.2, 0.25) is 0 Å². The Hall–Kier alpha value is -3.76. The molecule has 0 radical (unpaired) electrons.